The van der Waals surface area contributed by atoms with E-state index >= 15 is 0 Å². The summed E-state index contributed by atoms with van der Waals surface area (Å²) in [5, 5.41) is 1.38. The zero-order valence-corrected chi connectivity index (χ0v) is 17.5. The van der Waals surface area contributed by atoms with E-state index in [9.17, 15) is 4.79 Å². The summed E-state index contributed by atoms with van der Waals surface area (Å²) >= 11 is 12.1. The predicted octanol–water partition coefficient (Wildman–Crippen LogP) is 4.72. The Morgan fingerprint density at radius 1 is 0.897 bits per heavy atom. The molecule has 0 unspecified atom stereocenters. The number of hydrogen-bond acceptors (Lipinski definition) is 4. The average Bonchev–Trinajstić information content (AvgIpc) is 2.76. The lowest BCUT2D eigenvalue weighted by atomic mass is 10.1. The molecule has 2 aromatic carbocycles. The molecule has 1 amide bonds. The SMILES string of the molecule is Cc1ccc(Cl)cc1N1CCN(C(=O)c2cnc(-c3ccc(Cl)cc3)nc2)CC1. The van der Waals surface area contributed by atoms with E-state index in [1.807, 2.05) is 35.2 Å². The minimum absolute atomic E-state index is 0.0462. The van der Waals surface area contributed by atoms with Gasteiger partial charge in [0.05, 0.1) is 5.56 Å². The van der Waals surface area contributed by atoms with Crippen molar-refractivity contribution in [3.63, 3.8) is 0 Å². The monoisotopic (exact) mass is 426 g/mol. The Morgan fingerprint density at radius 3 is 2.17 bits per heavy atom. The first kappa shape index (κ1) is 19.7. The second-order valence-corrected chi connectivity index (χ2v) is 7.89. The lowest BCUT2D eigenvalue weighted by Crippen LogP contribution is -2.49. The van der Waals surface area contributed by atoms with Crippen LogP contribution >= 0.6 is 23.2 Å². The van der Waals surface area contributed by atoms with Gasteiger partial charge in [0, 0.05) is 59.9 Å². The minimum Gasteiger partial charge on any atom is -0.368 e. The summed E-state index contributed by atoms with van der Waals surface area (Å²) in [7, 11) is 0. The number of anilines is 1. The molecule has 1 fully saturated rings. The maximum Gasteiger partial charge on any atom is 0.257 e. The average molecular weight is 427 g/mol. The van der Waals surface area contributed by atoms with Crippen LogP contribution in [-0.2, 0) is 0 Å². The number of amides is 1. The molecule has 0 saturated carbocycles. The Labute approximate surface area is 179 Å². The van der Waals surface area contributed by atoms with Crippen LogP contribution in [0.15, 0.2) is 54.9 Å². The molecule has 1 aliphatic rings. The molecule has 1 saturated heterocycles. The largest absolute Gasteiger partial charge is 0.368 e. The zero-order valence-electron chi connectivity index (χ0n) is 16.0. The number of carbonyl (C=O) groups is 1. The van der Waals surface area contributed by atoms with Gasteiger partial charge in [-0.25, -0.2) is 9.97 Å². The number of nitrogens with zero attached hydrogens (tertiary/aromatic N) is 4. The second kappa shape index (κ2) is 8.39. The van der Waals surface area contributed by atoms with Gasteiger partial charge in [-0.3, -0.25) is 4.79 Å². The van der Waals surface area contributed by atoms with Gasteiger partial charge < -0.3 is 9.80 Å². The molecule has 5 nitrogen and oxygen atoms in total. The molecule has 3 aromatic rings. The van der Waals surface area contributed by atoms with E-state index in [0.717, 1.165) is 29.4 Å². The van der Waals surface area contributed by atoms with Crippen molar-refractivity contribution in [3.05, 3.63) is 76.0 Å². The van der Waals surface area contributed by atoms with Crippen molar-refractivity contribution in [2.75, 3.05) is 31.1 Å². The third kappa shape index (κ3) is 4.36. The van der Waals surface area contributed by atoms with Crippen LogP contribution in [0.2, 0.25) is 10.0 Å². The van der Waals surface area contributed by atoms with Gasteiger partial charge in [-0.1, -0.05) is 29.3 Å². The minimum atomic E-state index is -0.0462. The first-order chi connectivity index (χ1) is 14.0. The van der Waals surface area contributed by atoms with Gasteiger partial charge in [-0.2, -0.15) is 0 Å². The van der Waals surface area contributed by atoms with Crippen molar-refractivity contribution < 1.29 is 4.79 Å². The highest BCUT2D eigenvalue weighted by atomic mass is 35.5. The third-order valence-electron chi connectivity index (χ3n) is 5.08. The lowest BCUT2D eigenvalue weighted by molar-refractivity contribution is 0.0746. The fraction of sp³-hybridized carbons (Fsp3) is 0.227. The number of aryl methyl sites for hydroxylation is 1. The van der Waals surface area contributed by atoms with Gasteiger partial charge in [0.2, 0.25) is 0 Å². The van der Waals surface area contributed by atoms with Gasteiger partial charge >= 0.3 is 0 Å². The Morgan fingerprint density at radius 2 is 1.52 bits per heavy atom. The van der Waals surface area contributed by atoms with Crippen LogP contribution in [0.25, 0.3) is 11.4 Å². The molecule has 0 N–H and O–H groups in total. The van der Waals surface area contributed by atoms with Gasteiger partial charge in [0.1, 0.15) is 0 Å². The molecule has 0 aliphatic carbocycles. The Bertz CT molecular complexity index is 1010. The molecule has 4 rings (SSSR count). The molecule has 2 heterocycles. The number of hydrogen-bond donors (Lipinski definition) is 0. The highest BCUT2D eigenvalue weighted by Crippen LogP contribution is 2.25. The molecule has 1 aromatic heterocycles. The number of halogens is 2. The molecule has 29 heavy (non-hydrogen) atoms. The Balaban J connectivity index is 1.42. The van der Waals surface area contributed by atoms with E-state index in [1.54, 1.807) is 24.5 Å². The van der Waals surface area contributed by atoms with Gasteiger partial charge in [0.15, 0.2) is 5.82 Å². The molecular formula is C22H20Cl2N4O. The van der Waals surface area contributed by atoms with E-state index in [4.69, 9.17) is 23.2 Å². The molecule has 148 valence electrons. The van der Waals surface area contributed by atoms with Crippen LogP contribution < -0.4 is 4.90 Å². The fourth-order valence-electron chi connectivity index (χ4n) is 3.44. The number of aromatic nitrogens is 2. The first-order valence-electron chi connectivity index (χ1n) is 9.39. The van der Waals surface area contributed by atoms with Crippen molar-refractivity contribution in [2.45, 2.75) is 6.92 Å². The van der Waals surface area contributed by atoms with Crippen molar-refractivity contribution in [3.8, 4) is 11.4 Å². The highest BCUT2D eigenvalue weighted by Gasteiger charge is 2.23. The van der Waals surface area contributed by atoms with E-state index in [2.05, 4.69) is 21.8 Å². The van der Waals surface area contributed by atoms with Crippen LogP contribution in [0.3, 0.4) is 0 Å². The summed E-state index contributed by atoms with van der Waals surface area (Å²) in [4.78, 5) is 25.7. The molecule has 0 spiro atoms. The van der Waals surface area contributed by atoms with Crippen LogP contribution in [-0.4, -0.2) is 47.0 Å². The molecular weight excluding hydrogens is 407 g/mol. The van der Waals surface area contributed by atoms with Crippen molar-refractivity contribution in [2.24, 2.45) is 0 Å². The molecule has 1 aliphatic heterocycles. The zero-order chi connectivity index (χ0) is 20.4. The van der Waals surface area contributed by atoms with Crippen LogP contribution in [0.1, 0.15) is 15.9 Å². The first-order valence-corrected chi connectivity index (χ1v) is 10.2. The fourth-order valence-corrected chi connectivity index (χ4v) is 3.74. The third-order valence-corrected chi connectivity index (χ3v) is 5.57. The number of carbonyl (C=O) groups excluding carboxylic acids is 1. The summed E-state index contributed by atoms with van der Waals surface area (Å²) in [6.07, 6.45) is 3.18. The van der Waals surface area contributed by atoms with Crippen molar-refractivity contribution in [1.29, 1.82) is 0 Å². The summed E-state index contributed by atoms with van der Waals surface area (Å²) in [5.41, 5.74) is 3.66. The van der Waals surface area contributed by atoms with E-state index in [1.165, 1.54) is 5.56 Å². The maximum atomic E-state index is 12.8. The van der Waals surface area contributed by atoms with E-state index < -0.39 is 0 Å². The normalized spacial score (nSPS) is 14.2. The lowest BCUT2D eigenvalue weighted by Gasteiger charge is -2.36. The van der Waals surface area contributed by atoms with E-state index in [0.29, 0.717) is 29.5 Å². The maximum absolute atomic E-state index is 12.8. The number of piperazine rings is 1. The molecule has 7 heteroatoms. The van der Waals surface area contributed by atoms with Crippen LogP contribution in [0.4, 0.5) is 5.69 Å². The quantitative estimate of drug-likeness (QED) is 0.607. The van der Waals surface area contributed by atoms with E-state index in [-0.39, 0.29) is 5.91 Å². The molecule has 0 bridgehead atoms. The van der Waals surface area contributed by atoms with Crippen LogP contribution in [0.5, 0.6) is 0 Å². The Kier molecular flexibility index (Phi) is 5.69. The standard InChI is InChI=1S/C22H20Cl2N4O/c1-15-2-5-19(24)12-20(15)27-8-10-28(11-9-27)22(29)17-13-25-21(26-14-17)16-3-6-18(23)7-4-16/h2-7,12-14H,8-11H2,1H3. The highest BCUT2D eigenvalue weighted by molar-refractivity contribution is 6.31. The van der Waals surface area contributed by atoms with Gasteiger partial charge in [-0.15, -0.1) is 0 Å². The smallest absolute Gasteiger partial charge is 0.257 e. The topological polar surface area (TPSA) is 49.3 Å². The molecule has 0 atom stereocenters. The number of benzene rings is 2. The van der Waals surface area contributed by atoms with Crippen molar-refractivity contribution >= 4 is 34.8 Å². The summed E-state index contributed by atoms with van der Waals surface area (Å²) in [5.74, 6) is 0.523. The Hall–Kier alpha value is -2.63. The van der Waals surface area contributed by atoms with Crippen molar-refractivity contribution in [1.82, 2.24) is 14.9 Å². The van der Waals surface area contributed by atoms with Gasteiger partial charge in [-0.05, 0) is 48.9 Å². The van der Waals surface area contributed by atoms with Gasteiger partial charge in [0.25, 0.3) is 5.91 Å². The molecule has 0 radical (unpaired) electrons. The summed E-state index contributed by atoms with van der Waals surface area (Å²) in [6.45, 7) is 4.88. The number of rotatable bonds is 3. The predicted molar refractivity (Wildman–Crippen MR) is 117 cm³/mol. The second-order valence-electron chi connectivity index (χ2n) is 7.01. The summed E-state index contributed by atoms with van der Waals surface area (Å²) in [6, 6.07) is 13.2. The van der Waals surface area contributed by atoms with Crippen LogP contribution in [0, 0.1) is 6.92 Å². The summed E-state index contributed by atoms with van der Waals surface area (Å²) < 4.78 is 0.